The van der Waals surface area contributed by atoms with Gasteiger partial charge in [-0.2, -0.15) is 0 Å². The molecule has 0 radical (unpaired) electrons. The Morgan fingerprint density at radius 3 is 1.78 bits per heavy atom. The minimum Gasteiger partial charge on any atom is -0.107 e. The second-order valence-corrected chi connectivity index (χ2v) is 13.2. The Bertz CT molecular complexity index is 2240. The van der Waals surface area contributed by atoms with Crippen LogP contribution in [0.1, 0.15) is 103 Å². The normalized spacial score (nSPS) is 13.1. The molecule has 0 aromatic heterocycles. The number of benzene rings is 5. The maximum atomic E-state index is 4.50. The van der Waals surface area contributed by atoms with Gasteiger partial charge in [-0.15, -0.1) is 11.8 Å². The molecule has 0 amide bonds. The molecule has 0 spiro atoms. The summed E-state index contributed by atoms with van der Waals surface area (Å²) in [5, 5.41) is 0. The van der Waals surface area contributed by atoms with Crippen LogP contribution in [0.15, 0.2) is 188 Å². The van der Waals surface area contributed by atoms with E-state index in [2.05, 4.69) is 221 Å². The summed E-state index contributed by atoms with van der Waals surface area (Å²) in [7, 11) is 0. The van der Waals surface area contributed by atoms with Gasteiger partial charge in [0.25, 0.3) is 0 Å². The van der Waals surface area contributed by atoms with E-state index in [1.807, 2.05) is 55.4 Å². The van der Waals surface area contributed by atoms with Crippen molar-refractivity contribution in [2.24, 2.45) is 5.92 Å². The van der Waals surface area contributed by atoms with Gasteiger partial charge in [-0.25, -0.2) is 0 Å². The fourth-order valence-corrected chi connectivity index (χ4v) is 6.50. The molecular weight excluding hydrogens is 709 g/mol. The lowest BCUT2D eigenvalue weighted by molar-refractivity contribution is 0.767. The number of rotatable bonds is 10. The Morgan fingerprint density at radius 1 is 0.610 bits per heavy atom. The van der Waals surface area contributed by atoms with Crippen molar-refractivity contribution in [3.8, 4) is 34.1 Å². The van der Waals surface area contributed by atoms with E-state index < -0.39 is 0 Å². The minimum atomic E-state index is 0.378. The van der Waals surface area contributed by atoms with Crippen LogP contribution >= 0.6 is 0 Å². The molecule has 59 heavy (non-hydrogen) atoms. The maximum absolute atomic E-state index is 4.50. The molecular formula is C59H68. The monoisotopic (exact) mass is 777 g/mol. The third-order valence-electron chi connectivity index (χ3n) is 9.50. The zero-order chi connectivity index (χ0) is 43.4. The van der Waals surface area contributed by atoms with Crippen molar-refractivity contribution in [3.05, 3.63) is 216 Å². The van der Waals surface area contributed by atoms with Crippen LogP contribution in [0.4, 0.5) is 0 Å². The molecule has 5 aromatic carbocycles. The first kappa shape index (κ1) is 49.0. The van der Waals surface area contributed by atoms with Crippen LogP contribution in [0.5, 0.6) is 0 Å². The van der Waals surface area contributed by atoms with Gasteiger partial charge in [-0.1, -0.05) is 224 Å². The number of hydrogen-bond acceptors (Lipinski definition) is 0. The summed E-state index contributed by atoms with van der Waals surface area (Å²) >= 11 is 0. The fourth-order valence-electron chi connectivity index (χ4n) is 6.50. The molecule has 0 saturated carbocycles. The van der Waals surface area contributed by atoms with Gasteiger partial charge in [-0.05, 0) is 120 Å². The predicted octanol–water partition coefficient (Wildman–Crippen LogP) is 17.7. The van der Waals surface area contributed by atoms with Crippen LogP contribution in [-0.2, 0) is 0 Å². The van der Waals surface area contributed by atoms with Crippen molar-refractivity contribution < 1.29 is 0 Å². The highest BCUT2D eigenvalue weighted by atomic mass is 14.2. The van der Waals surface area contributed by atoms with Crippen molar-refractivity contribution >= 4 is 22.8 Å². The average Bonchev–Trinajstić information content (AvgIpc) is 3.32. The largest absolute Gasteiger partial charge is 0.107 e. The van der Waals surface area contributed by atoms with E-state index in [0.29, 0.717) is 5.92 Å². The summed E-state index contributed by atoms with van der Waals surface area (Å²) < 4.78 is 0. The molecule has 5 aromatic rings. The SMILES string of the molecule is C=C(/C=C(\C=C(/C)C1C=CC=CC1)c1ccccc1-c1ccccc1-c1ccc(C(/C=C\C)=C\c2ccccc2C)cc1)c1ccccc1.CC.CC.CC.CC#CC. The number of hydrogen-bond donors (Lipinski definition) is 0. The molecule has 1 atom stereocenters. The highest BCUT2D eigenvalue weighted by Gasteiger charge is 2.15. The van der Waals surface area contributed by atoms with Gasteiger partial charge in [0.15, 0.2) is 0 Å². The summed E-state index contributed by atoms with van der Waals surface area (Å²) in [5.41, 5.74) is 15.5. The zero-order valence-electron chi connectivity index (χ0n) is 37.8. The minimum absolute atomic E-state index is 0.378. The number of aryl methyl sites for hydroxylation is 1. The van der Waals surface area contributed by atoms with E-state index in [9.17, 15) is 0 Å². The molecule has 0 heterocycles. The molecule has 1 aliphatic rings. The Hall–Kier alpha value is -6.16. The third-order valence-corrected chi connectivity index (χ3v) is 9.50. The Kier molecular flexibility index (Phi) is 23.5. The van der Waals surface area contributed by atoms with E-state index in [1.165, 1.54) is 55.7 Å². The summed E-state index contributed by atoms with van der Waals surface area (Å²) in [6.07, 6.45) is 21.1. The average molecular weight is 777 g/mol. The molecule has 0 saturated heterocycles. The van der Waals surface area contributed by atoms with Gasteiger partial charge in [-0.3, -0.25) is 0 Å². The van der Waals surface area contributed by atoms with Crippen LogP contribution in [0.25, 0.3) is 45.0 Å². The molecule has 0 bridgehead atoms. The Morgan fingerprint density at radius 2 is 1.19 bits per heavy atom. The van der Waals surface area contributed by atoms with Gasteiger partial charge in [0.2, 0.25) is 0 Å². The highest BCUT2D eigenvalue weighted by molar-refractivity contribution is 5.96. The smallest absolute Gasteiger partial charge is 0.00150 e. The van der Waals surface area contributed by atoms with Gasteiger partial charge in [0.1, 0.15) is 0 Å². The van der Waals surface area contributed by atoms with Crippen LogP contribution in [0, 0.1) is 24.7 Å². The van der Waals surface area contributed by atoms with Crippen LogP contribution in [-0.4, -0.2) is 0 Å². The summed E-state index contributed by atoms with van der Waals surface area (Å²) in [5.74, 6) is 5.74. The van der Waals surface area contributed by atoms with Gasteiger partial charge >= 0.3 is 0 Å². The molecule has 1 aliphatic carbocycles. The molecule has 0 fully saturated rings. The van der Waals surface area contributed by atoms with E-state index in [0.717, 1.165) is 23.1 Å². The Balaban J connectivity index is 0.00000110. The maximum Gasteiger partial charge on any atom is 0.00150 e. The molecule has 0 aliphatic heterocycles. The summed E-state index contributed by atoms with van der Waals surface area (Å²) in [4.78, 5) is 0. The van der Waals surface area contributed by atoms with Crippen molar-refractivity contribution in [2.75, 3.05) is 0 Å². The van der Waals surface area contributed by atoms with Crippen molar-refractivity contribution in [1.82, 2.24) is 0 Å². The molecule has 304 valence electrons. The quantitative estimate of drug-likeness (QED) is 0.0753. The first-order valence-corrected chi connectivity index (χ1v) is 21.4. The summed E-state index contributed by atoms with van der Waals surface area (Å²) in [6.45, 7) is 26.6. The molecule has 6 rings (SSSR count). The summed E-state index contributed by atoms with van der Waals surface area (Å²) in [6, 6.07) is 45.6. The molecule has 1 unspecified atom stereocenters. The van der Waals surface area contributed by atoms with Crippen LogP contribution in [0.2, 0.25) is 0 Å². The molecule has 0 nitrogen and oxygen atoms in total. The standard InChI is InChI=1S/C49H44.C4H6.3C2H6/c1-5-18-44(35-43-24-13-12-19-36(43)2)41-29-31-42(32-30-41)46-25-14-16-27-48(46)49-28-17-15-26-47(49)45(33-37(3)39-20-8-6-9-21-39)34-38(4)40-22-10-7-11-23-40;1-3-4-2;3*1-2/h5-22,24-35,40H,3,23H2,1-2,4H3;1-2H3;3*1-2H3/b18-5-,38-34+,44-35-,45-33+;;;;. The van der Waals surface area contributed by atoms with E-state index >= 15 is 0 Å². The first-order valence-electron chi connectivity index (χ1n) is 21.4. The first-order chi connectivity index (χ1) is 28.9. The highest BCUT2D eigenvalue weighted by Crippen LogP contribution is 2.39. The number of allylic oxidation sites excluding steroid dienone is 12. The lowest BCUT2D eigenvalue weighted by atomic mass is 9.86. The van der Waals surface area contributed by atoms with Gasteiger partial charge in [0, 0.05) is 5.92 Å². The zero-order valence-corrected chi connectivity index (χ0v) is 37.8. The lowest BCUT2D eigenvalue weighted by Crippen LogP contribution is -2.00. The predicted molar refractivity (Wildman–Crippen MR) is 268 cm³/mol. The third kappa shape index (κ3) is 14.9. The van der Waals surface area contributed by atoms with Crippen molar-refractivity contribution in [1.29, 1.82) is 0 Å². The topological polar surface area (TPSA) is 0 Å². The lowest BCUT2D eigenvalue weighted by Gasteiger charge is -2.18. The van der Waals surface area contributed by atoms with E-state index in [-0.39, 0.29) is 0 Å². The van der Waals surface area contributed by atoms with Crippen molar-refractivity contribution in [3.63, 3.8) is 0 Å². The van der Waals surface area contributed by atoms with Crippen LogP contribution in [0.3, 0.4) is 0 Å². The van der Waals surface area contributed by atoms with E-state index in [1.54, 1.807) is 0 Å². The second-order valence-electron chi connectivity index (χ2n) is 13.2. The van der Waals surface area contributed by atoms with Gasteiger partial charge < -0.3 is 0 Å². The van der Waals surface area contributed by atoms with Gasteiger partial charge in [0.05, 0.1) is 0 Å². The fraction of sp³-hybridized carbons (Fsp3) is 0.220. The second kappa shape index (κ2) is 28.3. The molecule has 0 N–H and O–H groups in total. The Labute approximate surface area is 359 Å². The van der Waals surface area contributed by atoms with Crippen LogP contribution < -0.4 is 0 Å². The van der Waals surface area contributed by atoms with E-state index in [4.69, 9.17) is 0 Å². The molecule has 0 heteroatoms. The van der Waals surface area contributed by atoms with Crippen molar-refractivity contribution in [2.45, 2.75) is 82.6 Å².